The number of piperidine rings is 1. The van der Waals surface area contributed by atoms with Crippen molar-refractivity contribution in [1.82, 2.24) is 15.1 Å². The van der Waals surface area contributed by atoms with Gasteiger partial charge in [-0.1, -0.05) is 6.92 Å². The number of hydrogen-bond acceptors (Lipinski definition) is 3. The van der Waals surface area contributed by atoms with Crippen molar-refractivity contribution >= 4 is 29.9 Å². The van der Waals surface area contributed by atoms with E-state index >= 15 is 0 Å². The first-order valence-corrected chi connectivity index (χ1v) is 9.97. The highest BCUT2D eigenvalue weighted by molar-refractivity contribution is 14.0. The van der Waals surface area contributed by atoms with Gasteiger partial charge in [0.25, 0.3) is 0 Å². The van der Waals surface area contributed by atoms with Crippen molar-refractivity contribution < 1.29 is 4.74 Å². The smallest absolute Gasteiger partial charge is 0.193 e. The van der Waals surface area contributed by atoms with Crippen LogP contribution in [0.5, 0.6) is 0 Å². The Morgan fingerprint density at radius 2 is 2.04 bits per heavy atom. The van der Waals surface area contributed by atoms with E-state index in [1.165, 1.54) is 51.7 Å². The van der Waals surface area contributed by atoms with Gasteiger partial charge in [0.2, 0.25) is 0 Å². The number of methoxy groups -OCH3 is 1. The molecule has 0 amide bonds. The second kappa shape index (κ2) is 13.1. The molecule has 2 rings (SSSR count). The molecule has 2 fully saturated rings. The highest BCUT2D eigenvalue weighted by Crippen LogP contribution is 2.17. The van der Waals surface area contributed by atoms with Gasteiger partial charge in [-0.15, -0.1) is 24.0 Å². The highest BCUT2D eigenvalue weighted by atomic mass is 127. The molecule has 2 heterocycles. The predicted molar refractivity (Wildman–Crippen MR) is 117 cm³/mol. The van der Waals surface area contributed by atoms with Crippen LogP contribution in [0, 0.1) is 11.8 Å². The zero-order valence-electron chi connectivity index (χ0n) is 16.5. The maximum Gasteiger partial charge on any atom is 0.193 e. The van der Waals surface area contributed by atoms with E-state index in [0.717, 1.165) is 44.7 Å². The van der Waals surface area contributed by atoms with E-state index in [-0.39, 0.29) is 24.0 Å². The number of unbranched alkanes of at least 4 members (excludes halogenated alkanes) is 1. The number of aliphatic imine (C=N–C) groups is 1. The van der Waals surface area contributed by atoms with Crippen LogP contribution in [0.2, 0.25) is 0 Å². The first-order valence-electron chi connectivity index (χ1n) is 9.97. The summed E-state index contributed by atoms with van der Waals surface area (Å²) < 4.78 is 5.30. The molecule has 0 aromatic rings. The minimum atomic E-state index is 0. The lowest BCUT2D eigenvalue weighted by Crippen LogP contribution is -2.40. The normalized spacial score (nSPS) is 25.1. The first-order chi connectivity index (χ1) is 11.7. The van der Waals surface area contributed by atoms with Gasteiger partial charge >= 0.3 is 0 Å². The monoisotopic (exact) mass is 466 g/mol. The maximum absolute atomic E-state index is 5.30. The van der Waals surface area contributed by atoms with Crippen molar-refractivity contribution in [3.63, 3.8) is 0 Å². The summed E-state index contributed by atoms with van der Waals surface area (Å²) >= 11 is 0. The molecule has 148 valence electrons. The first kappa shape index (κ1) is 23.0. The zero-order valence-corrected chi connectivity index (χ0v) is 18.8. The fraction of sp³-hybridized carbons (Fsp3) is 0.947. The lowest BCUT2D eigenvalue weighted by atomic mass is 10.0. The second-order valence-corrected chi connectivity index (χ2v) is 7.55. The molecule has 2 aliphatic rings. The molecule has 5 nitrogen and oxygen atoms in total. The molecular weight excluding hydrogens is 427 g/mol. The van der Waals surface area contributed by atoms with Crippen molar-refractivity contribution in [1.29, 1.82) is 0 Å². The summed E-state index contributed by atoms with van der Waals surface area (Å²) in [5, 5.41) is 3.46. The van der Waals surface area contributed by atoms with Gasteiger partial charge in [-0.25, -0.2) is 0 Å². The van der Waals surface area contributed by atoms with Crippen LogP contribution in [-0.2, 0) is 4.74 Å². The Kier molecular flexibility index (Phi) is 12.1. The Hall–Kier alpha value is -0.0800. The van der Waals surface area contributed by atoms with Crippen LogP contribution in [0.25, 0.3) is 0 Å². The average Bonchev–Trinajstić information content (AvgIpc) is 3.02. The summed E-state index contributed by atoms with van der Waals surface area (Å²) in [6, 6.07) is 0. The molecule has 0 spiro atoms. The highest BCUT2D eigenvalue weighted by Gasteiger charge is 2.24. The van der Waals surface area contributed by atoms with Crippen molar-refractivity contribution in [3.05, 3.63) is 0 Å². The minimum absolute atomic E-state index is 0. The third kappa shape index (κ3) is 8.43. The quantitative estimate of drug-likeness (QED) is 0.259. The van der Waals surface area contributed by atoms with Gasteiger partial charge in [0.15, 0.2) is 5.96 Å². The molecule has 2 unspecified atom stereocenters. The number of likely N-dealkylation sites (tertiary alicyclic amines) is 2. The SMILES string of the molecule is CCNC(=NCCCCN1CCCC(C)C1)N1CCC(COC)C1.I. The molecule has 0 saturated carbocycles. The van der Waals surface area contributed by atoms with Crippen molar-refractivity contribution in [2.45, 2.75) is 46.0 Å². The van der Waals surface area contributed by atoms with E-state index in [1.54, 1.807) is 7.11 Å². The van der Waals surface area contributed by atoms with Crippen LogP contribution in [0.4, 0.5) is 0 Å². The van der Waals surface area contributed by atoms with E-state index in [1.807, 2.05) is 0 Å². The summed E-state index contributed by atoms with van der Waals surface area (Å²) in [5.41, 5.74) is 0. The fourth-order valence-electron chi connectivity index (χ4n) is 3.94. The van der Waals surface area contributed by atoms with Crippen LogP contribution < -0.4 is 5.32 Å². The van der Waals surface area contributed by atoms with Gasteiger partial charge in [0, 0.05) is 45.8 Å². The van der Waals surface area contributed by atoms with E-state index in [4.69, 9.17) is 9.73 Å². The van der Waals surface area contributed by atoms with Gasteiger partial charge in [0.1, 0.15) is 0 Å². The molecule has 0 aromatic carbocycles. The lowest BCUT2D eigenvalue weighted by Gasteiger charge is -2.30. The second-order valence-electron chi connectivity index (χ2n) is 7.55. The molecule has 0 aliphatic carbocycles. The molecular formula is C19H39IN4O. The van der Waals surface area contributed by atoms with Gasteiger partial charge < -0.3 is 19.9 Å². The Morgan fingerprint density at radius 1 is 1.20 bits per heavy atom. The number of nitrogens with zero attached hydrogens (tertiary/aromatic N) is 3. The number of halogens is 1. The fourth-order valence-corrected chi connectivity index (χ4v) is 3.94. The third-order valence-electron chi connectivity index (χ3n) is 5.21. The Morgan fingerprint density at radius 3 is 2.76 bits per heavy atom. The summed E-state index contributed by atoms with van der Waals surface area (Å²) in [5.74, 6) is 2.63. The van der Waals surface area contributed by atoms with Crippen LogP contribution in [-0.4, -0.2) is 75.3 Å². The van der Waals surface area contributed by atoms with Gasteiger partial charge in [-0.05, 0) is 58.0 Å². The molecule has 0 aromatic heterocycles. The van der Waals surface area contributed by atoms with Crippen molar-refractivity contribution in [2.24, 2.45) is 16.8 Å². The van der Waals surface area contributed by atoms with Crippen LogP contribution in [0.1, 0.15) is 46.0 Å². The van der Waals surface area contributed by atoms with Crippen molar-refractivity contribution in [3.8, 4) is 0 Å². The van der Waals surface area contributed by atoms with Crippen LogP contribution >= 0.6 is 24.0 Å². The molecule has 2 atom stereocenters. The summed E-state index contributed by atoms with van der Waals surface area (Å²) in [6.45, 7) is 13.3. The van der Waals surface area contributed by atoms with Gasteiger partial charge in [-0.3, -0.25) is 4.99 Å². The number of rotatable bonds is 8. The average molecular weight is 466 g/mol. The molecule has 2 saturated heterocycles. The predicted octanol–water partition coefficient (Wildman–Crippen LogP) is 3.05. The molecule has 1 N–H and O–H groups in total. The van der Waals surface area contributed by atoms with E-state index in [0.29, 0.717) is 5.92 Å². The molecule has 6 heteroatoms. The molecule has 2 aliphatic heterocycles. The molecule has 0 radical (unpaired) electrons. The summed E-state index contributed by atoms with van der Waals surface area (Å²) in [7, 11) is 1.80. The zero-order chi connectivity index (χ0) is 17.2. The van der Waals surface area contributed by atoms with Crippen LogP contribution in [0.3, 0.4) is 0 Å². The molecule has 25 heavy (non-hydrogen) atoms. The number of hydrogen-bond donors (Lipinski definition) is 1. The van der Waals surface area contributed by atoms with Crippen LogP contribution in [0.15, 0.2) is 4.99 Å². The minimum Gasteiger partial charge on any atom is -0.384 e. The summed E-state index contributed by atoms with van der Waals surface area (Å²) in [4.78, 5) is 9.90. The van der Waals surface area contributed by atoms with Gasteiger partial charge in [0.05, 0.1) is 6.61 Å². The Balaban J connectivity index is 0.00000312. The third-order valence-corrected chi connectivity index (χ3v) is 5.21. The largest absolute Gasteiger partial charge is 0.384 e. The van der Waals surface area contributed by atoms with E-state index < -0.39 is 0 Å². The van der Waals surface area contributed by atoms with E-state index in [9.17, 15) is 0 Å². The van der Waals surface area contributed by atoms with Gasteiger partial charge in [-0.2, -0.15) is 0 Å². The summed E-state index contributed by atoms with van der Waals surface area (Å²) in [6.07, 6.45) is 6.46. The lowest BCUT2D eigenvalue weighted by molar-refractivity contribution is 0.157. The maximum atomic E-state index is 5.30. The topological polar surface area (TPSA) is 40.1 Å². The van der Waals surface area contributed by atoms with Crippen molar-refractivity contribution in [2.75, 3.05) is 59.5 Å². The molecule has 0 bridgehead atoms. The Labute approximate surface area is 172 Å². The number of guanidine groups is 1. The Bertz CT molecular complexity index is 380. The standard InChI is InChI=1S/C19H38N4O.HI/c1-4-20-19(23-13-9-18(15-23)16-24-3)21-10-5-6-11-22-12-7-8-17(2)14-22;/h17-18H,4-16H2,1-3H3,(H,20,21);1H. The number of nitrogens with one attached hydrogen (secondary N) is 1. The number of ether oxygens (including phenoxy) is 1. The van der Waals surface area contributed by atoms with E-state index in [2.05, 4.69) is 29.0 Å².